The van der Waals surface area contributed by atoms with E-state index < -0.39 is 5.60 Å². The van der Waals surface area contributed by atoms with Gasteiger partial charge in [0, 0.05) is 13.0 Å². The minimum Gasteiger partial charge on any atom is -0.371 e. The molecule has 0 amide bonds. The van der Waals surface area contributed by atoms with Crippen LogP contribution in [0.4, 0.5) is 5.95 Å². The molecule has 2 N–H and O–H groups in total. The van der Waals surface area contributed by atoms with E-state index in [1.54, 1.807) is 7.11 Å². The van der Waals surface area contributed by atoms with Gasteiger partial charge in [-0.3, -0.25) is 0 Å². The van der Waals surface area contributed by atoms with Crippen molar-refractivity contribution in [1.82, 2.24) is 15.0 Å². The molecule has 0 radical (unpaired) electrons. The second-order valence-corrected chi connectivity index (χ2v) is 4.36. The van der Waals surface area contributed by atoms with Crippen LogP contribution >= 0.6 is 0 Å². The molecule has 0 bridgehead atoms. The highest BCUT2D eigenvalue weighted by atomic mass is 16.5. The van der Waals surface area contributed by atoms with Gasteiger partial charge < -0.3 is 10.5 Å². The van der Waals surface area contributed by atoms with Crippen molar-refractivity contribution in [3.8, 4) is 0 Å². The molecule has 1 aliphatic rings. The number of hydrogen-bond donors (Lipinski definition) is 1. The van der Waals surface area contributed by atoms with Gasteiger partial charge in [-0.05, 0) is 26.7 Å². The minimum absolute atomic E-state index is 0.284. The zero-order chi connectivity index (χ0) is 11.1. The number of nitrogens with two attached hydrogens (primary N) is 1. The molecule has 1 aromatic rings. The Bertz CT molecular complexity index is 374. The van der Waals surface area contributed by atoms with Crippen LogP contribution in [0.3, 0.4) is 0 Å². The van der Waals surface area contributed by atoms with E-state index >= 15 is 0 Å². The molecule has 2 rings (SSSR count). The van der Waals surface area contributed by atoms with E-state index in [-0.39, 0.29) is 5.95 Å². The third kappa shape index (κ3) is 2.07. The van der Waals surface area contributed by atoms with Gasteiger partial charge in [0.05, 0.1) is 0 Å². The minimum atomic E-state index is -0.513. The van der Waals surface area contributed by atoms with E-state index in [9.17, 15) is 0 Å². The Kier molecular flexibility index (Phi) is 2.34. The fourth-order valence-corrected chi connectivity index (χ4v) is 1.29. The van der Waals surface area contributed by atoms with Crippen molar-refractivity contribution in [3.63, 3.8) is 0 Å². The van der Waals surface area contributed by atoms with Crippen LogP contribution in [0.2, 0.25) is 0 Å². The van der Waals surface area contributed by atoms with E-state index in [4.69, 9.17) is 10.5 Å². The van der Waals surface area contributed by atoms with Crippen LogP contribution in [0, 0.1) is 0 Å². The quantitative estimate of drug-likeness (QED) is 0.808. The molecule has 5 nitrogen and oxygen atoms in total. The zero-order valence-electron chi connectivity index (χ0n) is 9.32. The lowest BCUT2D eigenvalue weighted by Crippen LogP contribution is -2.24. The van der Waals surface area contributed by atoms with Crippen molar-refractivity contribution < 1.29 is 4.74 Å². The number of aromatic nitrogens is 3. The van der Waals surface area contributed by atoms with Crippen molar-refractivity contribution >= 4 is 5.95 Å². The molecular formula is C10H16N4O. The van der Waals surface area contributed by atoms with Crippen LogP contribution in [0.15, 0.2) is 0 Å². The molecule has 1 aromatic heterocycles. The Labute approximate surface area is 89.1 Å². The first-order chi connectivity index (χ1) is 7.03. The topological polar surface area (TPSA) is 73.9 Å². The van der Waals surface area contributed by atoms with Gasteiger partial charge in [-0.1, -0.05) is 0 Å². The molecular weight excluding hydrogens is 192 g/mol. The summed E-state index contributed by atoms with van der Waals surface area (Å²) < 4.78 is 5.33. The van der Waals surface area contributed by atoms with Gasteiger partial charge in [-0.2, -0.15) is 9.97 Å². The van der Waals surface area contributed by atoms with Crippen LogP contribution in [-0.2, 0) is 10.3 Å². The van der Waals surface area contributed by atoms with Crippen molar-refractivity contribution in [2.45, 2.75) is 38.2 Å². The van der Waals surface area contributed by atoms with E-state index in [1.165, 1.54) is 0 Å². The first-order valence-electron chi connectivity index (χ1n) is 5.10. The summed E-state index contributed by atoms with van der Waals surface area (Å²) in [5.74, 6) is 2.18. The van der Waals surface area contributed by atoms with Gasteiger partial charge in [0.1, 0.15) is 11.4 Å². The number of anilines is 1. The summed E-state index contributed by atoms with van der Waals surface area (Å²) >= 11 is 0. The highest BCUT2D eigenvalue weighted by molar-refractivity contribution is 5.21. The first-order valence-corrected chi connectivity index (χ1v) is 5.10. The van der Waals surface area contributed by atoms with E-state index in [2.05, 4.69) is 15.0 Å². The standard InChI is InChI=1S/C10H16N4O/c1-10(2,15-3)8-12-7(6-4-5-6)13-9(11)14-8/h6H,4-5H2,1-3H3,(H2,11,12,13,14). The first kappa shape index (κ1) is 10.3. The summed E-state index contributed by atoms with van der Waals surface area (Å²) in [5.41, 5.74) is 5.15. The normalized spacial score (nSPS) is 16.7. The molecule has 0 unspecified atom stereocenters. The van der Waals surface area contributed by atoms with E-state index in [0.29, 0.717) is 11.7 Å². The fourth-order valence-electron chi connectivity index (χ4n) is 1.29. The molecule has 0 saturated heterocycles. The molecule has 1 fully saturated rings. The number of rotatable bonds is 3. The van der Waals surface area contributed by atoms with Gasteiger partial charge in [-0.25, -0.2) is 4.98 Å². The van der Waals surface area contributed by atoms with E-state index in [1.807, 2.05) is 13.8 Å². The SMILES string of the molecule is COC(C)(C)c1nc(N)nc(C2CC2)n1. The van der Waals surface area contributed by atoms with Crippen LogP contribution in [-0.4, -0.2) is 22.1 Å². The van der Waals surface area contributed by atoms with Gasteiger partial charge in [0.2, 0.25) is 5.95 Å². The monoisotopic (exact) mass is 208 g/mol. The van der Waals surface area contributed by atoms with Crippen LogP contribution < -0.4 is 5.73 Å². The van der Waals surface area contributed by atoms with Crippen molar-refractivity contribution in [1.29, 1.82) is 0 Å². The fraction of sp³-hybridized carbons (Fsp3) is 0.700. The average Bonchev–Trinajstić information content (AvgIpc) is 3.00. The third-order valence-corrected chi connectivity index (χ3v) is 2.66. The number of hydrogen-bond acceptors (Lipinski definition) is 5. The highest BCUT2D eigenvalue weighted by Crippen LogP contribution is 2.38. The molecule has 1 aliphatic carbocycles. The molecule has 0 aromatic carbocycles. The zero-order valence-corrected chi connectivity index (χ0v) is 9.32. The predicted molar refractivity (Wildman–Crippen MR) is 56.2 cm³/mol. The summed E-state index contributed by atoms with van der Waals surface area (Å²) in [6, 6.07) is 0. The molecule has 0 spiro atoms. The Hall–Kier alpha value is -1.23. The lowest BCUT2D eigenvalue weighted by atomic mass is 10.1. The van der Waals surface area contributed by atoms with Gasteiger partial charge >= 0.3 is 0 Å². The second-order valence-electron chi connectivity index (χ2n) is 4.36. The molecule has 5 heteroatoms. The lowest BCUT2D eigenvalue weighted by molar-refractivity contribution is 0.0112. The number of nitrogen functional groups attached to an aromatic ring is 1. The molecule has 15 heavy (non-hydrogen) atoms. The molecule has 1 heterocycles. The average molecular weight is 208 g/mol. The summed E-state index contributed by atoms with van der Waals surface area (Å²) in [4.78, 5) is 12.7. The highest BCUT2D eigenvalue weighted by Gasteiger charge is 2.30. The van der Waals surface area contributed by atoms with Gasteiger partial charge in [0.25, 0.3) is 0 Å². The summed E-state index contributed by atoms with van der Waals surface area (Å²) in [5, 5.41) is 0. The number of methoxy groups -OCH3 is 1. The molecule has 82 valence electrons. The van der Waals surface area contributed by atoms with Crippen molar-refractivity contribution in [3.05, 3.63) is 11.6 Å². The maximum atomic E-state index is 5.66. The number of nitrogens with zero attached hydrogens (tertiary/aromatic N) is 3. The van der Waals surface area contributed by atoms with Crippen molar-refractivity contribution in [2.75, 3.05) is 12.8 Å². The molecule has 0 atom stereocenters. The maximum absolute atomic E-state index is 5.66. The number of ether oxygens (including phenoxy) is 1. The summed E-state index contributed by atoms with van der Waals surface area (Å²) in [6.07, 6.45) is 2.30. The predicted octanol–water partition coefficient (Wildman–Crippen LogP) is 1.21. The summed E-state index contributed by atoms with van der Waals surface area (Å²) in [6.45, 7) is 3.83. The van der Waals surface area contributed by atoms with Gasteiger partial charge in [-0.15, -0.1) is 0 Å². The summed E-state index contributed by atoms with van der Waals surface area (Å²) in [7, 11) is 1.64. The van der Waals surface area contributed by atoms with Crippen molar-refractivity contribution in [2.24, 2.45) is 0 Å². The Balaban J connectivity index is 2.38. The Morgan fingerprint density at radius 2 is 1.93 bits per heavy atom. The molecule has 1 saturated carbocycles. The second kappa shape index (κ2) is 3.41. The Morgan fingerprint density at radius 1 is 1.27 bits per heavy atom. The Morgan fingerprint density at radius 3 is 2.47 bits per heavy atom. The largest absolute Gasteiger partial charge is 0.371 e. The maximum Gasteiger partial charge on any atom is 0.223 e. The smallest absolute Gasteiger partial charge is 0.223 e. The van der Waals surface area contributed by atoms with Crippen LogP contribution in [0.5, 0.6) is 0 Å². The molecule has 0 aliphatic heterocycles. The van der Waals surface area contributed by atoms with Gasteiger partial charge in [0.15, 0.2) is 5.82 Å². The van der Waals surface area contributed by atoms with E-state index in [0.717, 1.165) is 18.7 Å². The van der Waals surface area contributed by atoms with Crippen LogP contribution in [0.1, 0.15) is 44.3 Å². The lowest BCUT2D eigenvalue weighted by Gasteiger charge is -2.21. The van der Waals surface area contributed by atoms with Crippen LogP contribution in [0.25, 0.3) is 0 Å². The third-order valence-electron chi connectivity index (χ3n) is 2.66.